The number of sulfone groups is 1. The van der Waals surface area contributed by atoms with Gasteiger partial charge in [0.2, 0.25) is 0 Å². The molecule has 0 atom stereocenters. The van der Waals surface area contributed by atoms with Crippen LogP contribution in [0.1, 0.15) is 27.7 Å². The average Bonchev–Trinajstić information content (AvgIpc) is 3.09. The van der Waals surface area contributed by atoms with E-state index in [2.05, 4.69) is 20.5 Å². The zero-order valence-electron chi connectivity index (χ0n) is 17.7. The van der Waals surface area contributed by atoms with Gasteiger partial charge < -0.3 is 10.1 Å². The molecule has 0 saturated carbocycles. The third-order valence-corrected chi connectivity index (χ3v) is 7.49. The van der Waals surface area contributed by atoms with E-state index in [0.29, 0.717) is 39.9 Å². The smallest absolute Gasteiger partial charge is 0.186 e. The maximum atomic E-state index is 13.7. The van der Waals surface area contributed by atoms with Crippen molar-refractivity contribution in [3.63, 3.8) is 0 Å². The number of hydrogen-bond donors (Lipinski definition) is 2. The van der Waals surface area contributed by atoms with Crippen LogP contribution in [0.25, 0.3) is 21.8 Å². The molecule has 0 unspecified atom stereocenters. The molecule has 0 aliphatic rings. The lowest BCUT2D eigenvalue weighted by Gasteiger charge is -2.22. The van der Waals surface area contributed by atoms with Crippen LogP contribution in [-0.2, 0) is 9.84 Å². The Morgan fingerprint density at radius 2 is 1.90 bits per heavy atom. The predicted molar refractivity (Wildman–Crippen MR) is 119 cm³/mol. The first-order valence-corrected chi connectivity index (χ1v) is 11.3. The van der Waals surface area contributed by atoms with Gasteiger partial charge in [-0.15, -0.1) is 0 Å². The largest absolute Gasteiger partial charge is 0.492 e. The van der Waals surface area contributed by atoms with Crippen LogP contribution in [0.5, 0.6) is 5.75 Å². The van der Waals surface area contributed by atoms with Gasteiger partial charge in [-0.1, -0.05) is 0 Å². The van der Waals surface area contributed by atoms with E-state index in [1.165, 1.54) is 12.1 Å². The number of nitrogens with zero attached hydrogens (tertiary/aromatic N) is 2. The van der Waals surface area contributed by atoms with Gasteiger partial charge in [-0.3, -0.25) is 10.1 Å². The Morgan fingerprint density at radius 3 is 2.61 bits per heavy atom. The van der Waals surface area contributed by atoms with Crippen molar-refractivity contribution in [2.45, 2.75) is 37.3 Å². The van der Waals surface area contributed by atoms with Crippen molar-refractivity contribution in [3.8, 4) is 5.75 Å². The second-order valence-corrected chi connectivity index (χ2v) is 10.8. The molecule has 0 bridgehead atoms. The van der Waals surface area contributed by atoms with E-state index in [1.807, 2.05) is 0 Å². The summed E-state index contributed by atoms with van der Waals surface area (Å²) in [5.41, 5.74) is 1.83. The molecule has 0 spiro atoms. The summed E-state index contributed by atoms with van der Waals surface area (Å²) in [4.78, 5) is 4.47. The summed E-state index contributed by atoms with van der Waals surface area (Å²) in [5.74, 6) is 0.314. The van der Waals surface area contributed by atoms with Gasteiger partial charge in [0.05, 0.1) is 28.1 Å². The normalized spacial score (nSPS) is 12.4. The number of benzene rings is 2. The summed E-state index contributed by atoms with van der Waals surface area (Å²) >= 11 is 0. The van der Waals surface area contributed by atoms with Crippen molar-refractivity contribution >= 4 is 43.1 Å². The van der Waals surface area contributed by atoms with Crippen LogP contribution in [0.4, 0.5) is 15.9 Å². The van der Waals surface area contributed by atoms with Crippen LogP contribution in [0.2, 0.25) is 0 Å². The Hall–Kier alpha value is -3.20. The lowest BCUT2D eigenvalue weighted by molar-refractivity contribution is 0.331. The van der Waals surface area contributed by atoms with Crippen LogP contribution in [0.15, 0.2) is 47.5 Å². The number of ether oxygens (including phenoxy) is 1. The van der Waals surface area contributed by atoms with Crippen molar-refractivity contribution in [2.24, 2.45) is 0 Å². The third kappa shape index (κ3) is 3.69. The van der Waals surface area contributed by atoms with Crippen molar-refractivity contribution in [1.82, 2.24) is 15.2 Å². The van der Waals surface area contributed by atoms with Gasteiger partial charge in [-0.25, -0.2) is 12.8 Å². The monoisotopic (exact) mass is 442 g/mol. The highest BCUT2D eigenvalue weighted by Gasteiger charge is 2.34. The molecule has 7 nitrogen and oxygen atoms in total. The second kappa shape index (κ2) is 7.49. The molecule has 0 amide bonds. The van der Waals surface area contributed by atoms with E-state index >= 15 is 0 Å². The molecule has 4 rings (SSSR count). The minimum absolute atomic E-state index is 0.100. The molecule has 9 heteroatoms. The zero-order chi connectivity index (χ0) is 22.4. The second-order valence-electron chi connectivity index (χ2n) is 8.11. The van der Waals surface area contributed by atoms with Crippen molar-refractivity contribution in [2.75, 3.05) is 11.9 Å². The molecular formula is C22H23FN4O3S. The Morgan fingerprint density at radius 1 is 1.13 bits per heavy atom. The minimum atomic E-state index is -3.69. The van der Waals surface area contributed by atoms with Crippen LogP contribution in [0, 0.1) is 5.82 Å². The summed E-state index contributed by atoms with van der Waals surface area (Å²) in [6, 6.07) is 9.26. The molecule has 0 fully saturated rings. The lowest BCUT2D eigenvalue weighted by atomic mass is 10.1. The van der Waals surface area contributed by atoms with E-state index in [4.69, 9.17) is 4.74 Å². The van der Waals surface area contributed by atoms with E-state index in [0.717, 1.165) is 0 Å². The Balaban J connectivity index is 1.91. The molecule has 0 aliphatic carbocycles. The minimum Gasteiger partial charge on any atom is -0.492 e. The highest BCUT2D eigenvalue weighted by molar-refractivity contribution is 7.92. The number of pyridine rings is 1. The SMILES string of the molecule is CCOc1cc2nccc(Nc3n[nH]c4ccc(F)cc34)c2cc1S(=O)(=O)C(C)(C)C. The zero-order valence-corrected chi connectivity index (χ0v) is 18.5. The number of rotatable bonds is 5. The molecule has 2 aromatic heterocycles. The fourth-order valence-electron chi connectivity index (χ4n) is 3.28. The highest BCUT2D eigenvalue weighted by Crippen LogP contribution is 2.38. The first-order valence-electron chi connectivity index (χ1n) is 9.82. The first kappa shape index (κ1) is 21.0. The van der Waals surface area contributed by atoms with Crippen molar-refractivity contribution in [3.05, 3.63) is 48.4 Å². The van der Waals surface area contributed by atoms with Crippen molar-refractivity contribution < 1.29 is 17.5 Å². The quantitative estimate of drug-likeness (QED) is 0.453. The van der Waals surface area contributed by atoms with Crippen LogP contribution in [0.3, 0.4) is 0 Å². The van der Waals surface area contributed by atoms with Gasteiger partial charge in [-0.05, 0) is 58.0 Å². The maximum absolute atomic E-state index is 13.7. The van der Waals surface area contributed by atoms with Gasteiger partial charge >= 0.3 is 0 Å². The summed E-state index contributed by atoms with van der Waals surface area (Å²) in [6.07, 6.45) is 1.60. The van der Waals surface area contributed by atoms with Crippen LogP contribution >= 0.6 is 0 Å². The Kier molecular flexibility index (Phi) is 5.09. The topological polar surface area (TPSA) is 97.0 Å². The van der Waals surface area contributed by atoms with Gasteiger partial charge in [0.25, 0.3) is 0 Å². The molecule has 0 radical (unpaired) electrons. The molecular weight excluding hydrogens is 419 g/mol. The van der Waals surface area contributed by atoms with E-state index in [1.54, 1.807) is 58.2 Å². The molecule has 0 aliphatic heterocycles. The number of hydrogen-bond acceptors (Lipinski definition) is 6. The van der Waals surface area contributed by atoms with Gasteiger partial charge in [0.15, 0.2) is 15.7 Å². The molecule has 31 heavy (non-hydrogen) atoms. The number of anilines is 2. The number of halogens is 1. The summed E-state index contributed by atoms with van der Waals surface area (Å²) in [5, 5.41) is 11.4. The number of fused-ring (bicyclic) bond motifs is 2. The molecule has 2 aromatic carbocycles. The van der Waals surface area contributed by atoms with Gasteiger partial charge in [0.1, 0.15) is 16.5 Å². The lowest BCUT2D eigenvalue weighted by Crippen LogP contribution is -2.28. The number of H-pyrrole nitrogens is 1. The number of aromatic amines is 1. The van der Waals surface area contributed by atoms with E-state index in [-0.39, 0.29) is 16.5 Å². The average molecular weight is 443 g/mol. The molecule has 4 aromatic rings. The Labute approximate surface area is 179 Å². The fraction of sp³-hybridized carbons (Fsp3) is 0.273. The number of aromatic nitrogens is 3. The Bertz CT molecular complexity index is 1390. The molecule has 2 heterocycles. The maximum Gasteiger partial charge on any atom is 0.186 e. The van der Waals surface area contributed by atoms with Crippen LogP contribution < -0.4 is 10.1 Å². The summed E-state index contributed by atoms with van der Waals surface area (Å²) in [7, 11) is -3.69. The van der Waals surface area contributed by atoms with E-state index in [9.17, 15) is 12.8 Å². The molecule has 162 valence electrons. The standard InChI is InChI=1S/C22H23FN4O3S/c1-5-30-19-12-18-14(11-20(19)31(28,29)22(2,3)4)16(8-9-24-18)25-21-15-10-13(23)6-7-17(15)26-27-21/h6-12H,5H2,1-4H3,(H2,24,25,26,27). The van der Waals surface area contributed by atoms with Gasteiger partial charge in [-0.2, -0.15) is 5.10 Å². The van der Waals surface area contributed by atoms with Crippen LogP contribution in [-0.4, -0.2) is 35.0 Å². The third-order valence-electron chi connectivity index (χ3n) is 4.98. The summed E-state index contributed by atoms with van der Waals surface area (Å²) in [6.45, 7) is 7.06. The van der Waals surface area contributed by atoms with Gasteiger partial charge in [0, 0.05) is 23.0 Å². The predicted octanol–water partition coefficient (Wildman–Crippen LogP) is 4.96. The highest BCUT2D eigenvalue weighted by atomic mass is 32.2. The fourth-order valence-corrected chi connectivity index (χ4v) is 4.60. The molecule has 2 N–H and O–H groups in total. The summed E-state index contributed by atoms with van der Waals surface area (Å²) < 4.78 is 44.9. The van der Waals surface area contributed by atoms with Crippen molar-refractivity contribution in [1.29, 1.82) is 0 Å². The number of nitrogens with one attached hydrogen (secondary N) is 2. The first-order chi connectivity index (χ1) is 14.6. The van der Waals surface area contributed by atoms with E-state index < -0.39 is 14.6 Å². The molecule has 0 saturated heterocycles.